The SMILES string of the molecule is CN=C(NCCCCC(C)C)NCc1ccc(C(=O)N2CC(C)OC(C)C2)cc1.I. The van der Waals surface area contributed by atoms with Gasteiger partial charge in [-0.25, -0.2) is 0 Å². The molecule has 0 aromatic heterocycles. The number of ether oxygens (including phenoxy) is 1. The number of benzene rings is 1. The van der Waals surface area contributed by atoms with Crippen LogP contribution in [0.25, 0.3) is 0 Å². The fraction of sp³-hybridized carbons (Fsp3) is 0.652. The monoisotopic (exact) mass is 530 g/mol. The molecule has 6 nitrogen and oxygen atoms in total. The van der Waals surface area contributed by atoms with Gasteiger partial charge in [0.1, 0.15) is 0 Å². The zero-order valence-corrected chi connectivity index (χ0v) is 21.4. The molecule has 2 rings (SSSR count). The molecule has 1 amide bonds. The van der Waals surface area contributed by atoms with Crippen molar-refractivity contribution in [1.82, 2.24) is 15.5 Å². The number of amides is 1. The standard InChI is InChI=1S/C23H38N4O2.HI/c1-17(2)8-6-7-13-25-23(24-5)26-14-20-9-11-21(12-10-20)22(28)27-15-18(3)29-19(4)16-27;/h9-12,17-19H,6-8,13-16H2,1-5H3,(H2,24,25,26);1H. The molecule has 7 heteroatoms. The van der Waals surface area contributed by atoms with E-state index in [-0.39, 0.29) is 42.1 Å². The van der Waals surface area contributed by atoms with Crippen molar-refractivity contribution < 1.29 is 9.53 Å². The van der Waals surface area contributed by atoms with E-state index in [1.165, 1.54) is 12.8 Å². The Hall–Kier alpha value is -1.35. The number of halogens is 1. The number of nitrogens with zero attached hydrogens (tertiary/aromatic N) is 2. The molecular formula is C23H39IN4O2. The predicted molar refractivity (Wildman–Crippen MR) is 135 cm³/mol. The van der Waals surface area contributed by atoms with Crippen molar-refractivity contribution >= 4 is 35.8 Å². The van der Waals surface area contributed by atoms with Crippen molar-refractivity contribution in [1.29, 1.82) is 0 Å². The number of rotatable bonds is 8. The Morgan fingerprint density at radius 3 is 2.33 bits per heavy atom. The molecule has 1 saturated heterocycles. The van der Waals surface area contributed by atoms with Crippen LogP contribution < -0.4 is 10.6 Å². The van der Waals surface area contributed by atoms with Crippen LogP contribution in [0.5, 0.6) is 0 Å². The number of guanidine groups is 1. The first-order chi connectivity index (χ1) is 13.9. The Labute approximate surface area is 199 Å². The van der Waals surface area contributed by atoms with Crippen LogP contribution in [0.15, 0.2) is 29.3 Å². The largest absolute Gasteiger partial charge is 0.372 e. The van der Waals surface area contributed by atoms with Crippen molar-refractivity contribution in [2.75, 3.05) is 26.7 Å². The van der Waals surface area contributed by atoms with Gasteiger partial charge in [0.25, 0.3) is 5.91 Å². The molecular weight excluding hydrogens is 491 g/mol. The molecule has 2 N–H and O–H groups in total. The van der Waals surface area contributed by atoms with E-state index < -0.39 is 0 Å². The van der Waals surface area contributed by atoms with Crippen molar-refractivity contribution in [2.45, 2.75) is 65.7 Å². The van der Waals surface area contributed by atoms with Gasteiger partial charge in [-0.15, -0.1) is 24.0 Å². The van der Waals surface area contributed by atoms with E-state index in [0.717, 1.165) is 36.0 Å². The highest BCUT2D eigenvalue weighted by atomic mass is 127. The second-order valence-electron chi connectivity index (χ2n) is 8.41. The van der Waals surface area contributed by atoms with Crippen molar-refractivity contribution in [3.05, 3.63) is 35.4 Å². The lowest BCUT2D eigenvalue weighted by molar-refractivity contribution is -0.0586. The summed E-state index contributed by atoms with van der Waals surface area (Å²) in [6.45, 7) is 11.4. The van der Waals surface area contributed by atoms with Crippen LogP contribution >= 0.6 is 24.0 Å². The smallest absolute Gasteiger partial charge is 0.254 e. The van der Waals surface area contributed by atoms with E-state index in [1.54, 1.807) is 7.05 Å². The Balaban J connectivity index is 0.00000450. The van der Waals surface area contributed by atoms with Gasteiger partial charge in [0.05, 0.1) is 12.2 Å². The van der Waals surface area contributed by atoms with E-state index in [9.17, 15) is 4.79 Å². The number of hydrogen-bond donors (Lipinski definition) is 2. The summed E-state index contributed by atoms with van der Waals surface area (Å²) in [7, 11) is 1.79. The molecule has 30 heavy (non-hydrogen) atoms. The molecule has 0 radical (unpaired) electrons. The van der Waals surface area contributed by atoms with Crippen molar-refractivity contribution in [3.8, 4) is 0 Å². The van der Waals surface area contributed by atoms with Gasteiger partial charge in [-0.2, -0.15) is 0 Å². The number of aliphatic imine (C=N–C) groups is 1. The third-order valence-corrected chi connectivity index (χ3v) is 5.09. The van der Waals surface area contributed by atoms with Crippen molar-refractivity contribution in [2.24, 2.45) is 10.9 Å². The van der Waals surface area contributed by atoms with Gasteiger partial charge >= 0.3 is 0 Å². The van der Waals surface area contributed by atoms with Gasteiger partial charge in [0, 0.05) is 38.8 Å². The molecule has 1 aromatic rings. The molecule has 2 unspecified atom stereocenters. The lowest BCUT2D eigenvalue weighted by atomic mass is 10.1. The average molecular weight is 530 g/mol. The molecule has 0 spiro atoms. The molecule has 170 valence electrons. The topological polar surface area (TPSA) is 66.0 Å². The summed E-state index contributed by atoms with van der Waals surface area (Å²) in [6, 6.07) is 7.82. The number of carbonyl (C=O) groups is 1. The van der Waals surface area contributed by atoms with Gasteiger partial charge < -0.3 is 20.3 Å². The summed E-state index contributed by atoms with van der Waals surface area (Å²) < 4.78 is 5.72. The number of carbonyl (C=O) groups excluding carboxylic acids is 1. The zero-order chi connectivity index (χ0) is 21.2. The molecule has 1 aliphatic heterocycles. The number of hydrogen-bond acceptors (Lipinski definition) is 3. The van der Waals surface area contributed by atoms with E-state index in [2.05, 4.69) is 29.5 Å². The molecule has 0 saturated carbocycles. The fourth-order valence-corrected chi connectivity index (χ4v) is 3.58. The number of unbranched alkanes of at least 4 members (excludes halogenated alkanes) is 1. The summed E-state index contributed by atoms with van der Waals surface area (Å²) in [5, 5.41) is 6.70. The van der Waals surface area contributed by atoms with Gasteiger partial charge in [-0.1, -0.05) is 38.8 Å². The third-order valence-electron chi connectivity index (χ3n) is 5.09. The first-order valence-electron chi connectivity index (χ1n) is 10.9. The first-order valence-corrected chi connectivity index (χ1v) is 10.9. The molecule has 1 heterocycles. The molecule has 0 aliphatic carbocycles. The summed E-state index contributed by atoms with van der Waals surface area (Å²) in [5.74, 6) is 1.65. The third kappa shape index (κ3) is 9.20. The van der Waals surface area contributed by atoms with Crippen LogP contribution in [-0.4, -0.2) is 55.7 Å². The first kappa shape index (κ1) is 26.7. The fourth-order valence-electron chi connectivity index (χ4n) is 3.58. The summed E-state index contributed by atoms with van der Waals surface area (Å²) in [6.07, 6.45) is 3.81. The van der Waals surface area contributed by atoms with Gasteiger partial charge in [-0.05, 0) is 43.9 Å². The minimum atomic E-state index is 0. The van der Waals surface area contributed by atoms with E-state index in [4.69, 9.17) is 4.74 Å². The highest BCUT2D eigenvalue weighted by molar-refractivity contribution is 14.0. The van der Waals surface area contributed by atoms with Crippen LogP contribution in [-0.2, 0) is 11.3 Å². The molecule has 1 fully saturated rings. The highest BCUT2D eigenvalue weighted by Crippen LogP contribution is 2.15. The Morgan fingerprint density at radius 2 is 1.77 bits per heavy atom. The maximum Gasteiger partial charge on any atom is 0.254 e. The van der Waals surface area contributed by atoms with Crippen LogP contribution in [0.3, 0.4) is 0 Å². The minimum Gasteiger partial charge on any atom is -0.372 e. The number of nitrogens with one attached hydrogen (secondary N) is 2. The summed E-state index contributed by atoms with van der Waals surface area (Å²) in [4.78, 5) is 18.9. The zero-order valence-electron chi connectivity index (χ0n) is 19.1. The Kier molecular flexibility index (Phi) is 12.3. The normalized spacial score (nSPS) is 19.4. The molecule has 1 aromatic carbocycles. The van der Waals surface area contributed by atoms with Crippen LogP contribution in [0, 0.1) is 5.92 Å². The van der Waals surface area contributed by atoms with Crippen LogP contribution in [0.1, 0.15) is 62.9 Å². The number of morpholine rings is 1. The van der Waals surface area contributed by atoms with Gasteiger partial charge in [0.15, 0.2) is 5.96 Å². The van der Waals surface area contributed by atoms with E-state index in [1.807, 2.05) is 43.0 Å². The second-order valence-corrected chi connectivity index (χ2v) is 8.41. The predicted octanol–water partition coefficient (Wildman–Crippen LogP) is 4.05. The molecule has 1 aliphatic rings. The average Bonchev–Trinajstić information content (AvgIpc) is 2.69. The maximum absolute atomic E-state index is 12.8. The summed E-state index contributed by atoms with van der Waals surface area (Å²) in [5.41, 5.74) is 1.84. The van der Waals surface area contributed by atoms with E-state index in [0.29, 0.717) is 19.6 Å². The molecule has 2 atom stereocenters. The van der Waals surface area contributed by atoms with Crippen LogP contribution in [0.4, 0.5) is 0 Å². The quantitative estimate of drug-likeness (QED) is 0.231. The van der Waals surface area contributed by atoms with Crippen LogP contribution in [0.2, 0.25) is 0 Å². The van der Waals surface area contributed by atoms with Gasteiger partial charge in [-0.3, -0.25) is 9.79 Å². The second kappa shape index (κ2) is 13.9. The lowest BCUT2D eigenvalue weighted by Crippen LogP contribution is -2.48. The minimum absolute atomic E-state index is 0. The maximum atomic E-state index is 12.8. The molecule has 0 bridgehead atoms. The Morgan fingerprint density at radius 1 is 1.13 bits per heavy atom. The van der Waals surface area contributed by atoms with Crippen molar-refractivity contribution in [3.63, 3.8) is 0 Å². The van der Waals surface area contributed by atoms with Gasteiger partial charge in [0.2, 0.25) is 0 Å². The Bertz CT molecular complexity index is 654. The highest BCUT2D eigenvalue weighted by Gasteiger charge is 2.26. The van der Waals surface area contributed by atoms with E-state index >= 15 is 0 Å². The summed E-state index contributed by atoms with van der Waals surface area (Å²) >= 11 is 0. The lowest BCUT2D eigenvalue weighted by Gasteiger charge is -2.35.